The maximum atomic E-state index is 13.1. The molecule has 110 valence electrons. The van der Waals surface area contributed by atoms with E-state index in [1.165, 1.54) is 43.5 Å². The van der Waals surface area contributed by atoms with E-state index in [-0.39, 0.29) is 10.5 Å². The van der Waals surface area contributed by atoms with Gasteiger partial charge in [0.1, 0.15) is 17.3 Å². The SMILES string of the molecule is COc1cccc(S(=O)(=O)CC(=O)c2cccc(F)c2)c1. The summed E-state index contributed by atoms with van der Waals surface area (Å²) in [7, 11) is -2.38. The van der Waals surface area contributed by atoms with E-state index in [0.29, 0.717) is 5.75 Å². The summed E-state index contributed by atoms with van der Waals surface area (Å²) in [5.41, 5.74) is 0.0291. The highest BCUT2D eigenvalue weighted by atomic mass is 32.2. The number of benzene rings is 2. The topological polar surface area (TPSA) is 60.4 Å². The lowest BCUT2D eigenvalue weighted by Gasteiger charge is -2.06. The number of Topliss-reactive ketones (excluding diaryl/α,β-unsaturated/α-hetero) is 1. The van der Waals surface area contributed by atoms with Crippen molar-refractivity contribution in [1.29, 1.82) is 0 Å². The molecule has 0 fully saturated rings. The maximum absolute atomic E-state index is 13.1. The highest BCUT2D eigenvalue weighted by molar-refractivity contribution is 7.92. The van der Waals surface area contributed by atoms with Crippen LogP contribution in [-0.4, -0.2) is 27.1 Å². The molecule has 6 heteroatoms. The van der Waals surface area contributed by atoms with Crippen molar-refractivity contribution in [2.45, 2.75) is 4.90 Å². The van der Waals surface area contributed by atoms with Gasteiger partial charge in [-0.3, -0.25) is 4.79 Å². The van der Waals surface area contributed by atoms with Gasteiger partial charge in [-0.1, -0.05) is 18.2 Å². The van der Waals surface area contributed by atoms with Gasteiger partial charge in [0, 0.05) is 5.56 Å². The molecule has 0 unspecified atom stereocenters. The van der Waals surface area contributed by atoms with Crippen LogP contribution in [0, 0.1) is 5.82 Å². The van der Waals surface area contributed by atoms with Crippen molar-refractivity contribution in [3.63, 3.8) is 0 Å². The van der Waals surface area contributed by atoms with Gasteiger partial charge in [0.05, 0.1) is 12.0 Å². The van der Waals surface area contributed by atoms with E-state index >= 15 is 0 Å². The first-order valence-electron chi connectivity index (χ1n) is 6.08. The summed E-state index contributed by atoms with van der Waals surface area (Å²) in [6.07, 6.45) is 0. The van der Waals surface area contributed by atoms with Crippen molar-refractivity contribution in [3.8, 4) is 5.75 Å². The molecule has 0 atom stereocenters. The summed E-state index contributed by atoms with van der Waals surface area (Å²) in [6, 6.07) is 10.8. The summed E-state index contributed by atoms with van der Waals surface area (Å²) in [4.78, 5) is 12.0. The first kappa shape index (κ1) is 15.2. The van der Waals surface area contributed by atoms with Gasteiger partial charge in [0.25, 0.3) is 0 Å². The predicted octanol–water partition coefficient (Wildman–Crippen LogP) is 2.49. The highest BCUT2D eigenvalue weighted by Gasteiger charge is 2.21. The van der Waals surface area contributed by atoms with Crippen LogP contribution in [0.25, 0.3) is 0 Å². The zero-order valence-corrected chi connectivity index (χ0v) is 12.1. The zero-order valence-electron chi connectivity index (χ0n) is 11.2. The molecule has 0 aliphatic rings. The fourth-order valence-electron chi connectivity index (χ4n) is 1.80. The van der Waals surface area contributed by atoms with Gasteiger partial charge in [-0.15, -0.1) is 0 Å². The molecule has 2 aromatic rings. The first-order valence-corrected chi connectivity index (χ1v) is 7.73. The van der Waals surface area contributed by atoms with E-state index in [1.54, 1.807) is 6.07 Å². The quantitative estimate of drug-likeness (QED) is 0.796. The Kier molecular flexibility index (Phi) is 4.37. The van der Waals surface area contributed by atoms with Crippen LogP contribution in [0.2, 0.25) is 0 Å². The van der Waals surface area contributed by atoms with Crippen molar-refractivity contribution in [2.75, 3.05) is 12.9 Å². The van der Waals surface area contributed by atoms with Crippen molar-refractivity contribution in [1.82, 2.24) is 0 Å². The highest BCUT2D eigenvalue weighted by Crippen LogP contribution is 2.19. The molecule has 2 aromatic carbocycles. The van der Waals surface area contributed by atoms with E-state index in [0.717, 1.165) is 6.07 Å². The lowest BCUT2D eigenvalue weighted by molar-refractivity contribution is 0.102. The summed E-state index contributed by atoms with van der Waals surface area (Å²) in [5, 5.41) is 0. The molecule has 0 amide bonds. The van der Waals surface area contributed by atoms with E-state index in [1.807, 2.05) is 0 Å². The van der Waals surface area contributed by atoms with Gasteiger partial charge >= 0.3 is 0 Å². The second-order valence-corrected chi connectivity index (χ2v) is 6.36. The number of hydrogen-bond donors (Lipinski definition) is 0. The van der Waals surface area contributed by atoms with Crippen LogP contribution in [0.5, 0.6) is 5.75 Å². The lowest BCUT2D eigenvalue weighted by atomic mass is 10.1. The van der Waals surface area contributed by atoms with Crippen molar-refractivity contribution < 1.29 is 22.3 Å². The molecular formula is C15H13FO4S. The molecule has 0 spiro atoms. The minimum absolute atomic E-state index is 0.00777. The number of carbonyl (C=O) groups is 1. The van der Waals surface area contributed by atoms with E-state index in [9.17, 15) is 17.6 Å². The molecule has 4 nitrogen and oxygen atoms in total. The predicted molar refractivity (Wildman–Crippen MR) is 75.8 cm³/mol. The standard InChI is InChI=1S/C15H13FO4S/c1-20-13-6-3-7-14(9-13)21(18,19)10-15(17)11-4-2-5-12(16)8-11/h2-9H,10H2,1H3. The van der Waals surface area contributed by atoms with Crippen molar-refractivity contribution >= 4 is 15.6 Å². The Morgan fingerprint density at radius 3 is 2.52 bits per heavy atom. The largest absolute Gasteiger partial charge is 0.497 e. The van der Waals surface area contributed by atoms with Gasteiger partial charge in [0.15, 0.2) is 15.6 Å². The smallest absolute Gasteiger partial charge is 0.185 e. The molecule has 0 radical (unpaired) electrons. The van der Waals surface area contributed by atoms with Crippen LogP contribution < -0.4 is 4.74 Å². The summed E-state index contributed by atoms with van der Waals surface area (Å²) in [5.74, 6) is -1.57. The van der Waals surface area contributed by atoms with Crippen LogP contribution in [0.1, 0.15) is 10.4 Å². The Labute approximate surface area is 122 Å². The summed E-state index contributed by atoms with van der Waals surface area (Å²) >= 11 is 0. The van der Waals surface area contributed by atoms with Crippen molar-refractivity contribution in [3.05, 3.63) is 59.9 Å². The monoisotopic (exact) mass is 308 g/mol. The Hall–Kier alpha value is -2.21. The second kappa shape index (κ2) is 6.05. The number of methoxy groups -OCH3 is 1. The molecule has 0 aliphatic heterocycles. The molecule has 2 rings (SSSR count). The number of sulfone groups is 1. The number of carbonyl (C=O) groups excluding carboxylic acids is 1. The normalized spacial score (nSPS) is 11.1. The van der Waals surface area contributed by atoms with Crippen LogP contribution in [-0.2, 0) is 9.84 Å². The molecule has 0 heterocycles. The van der Waals surface area contributed by atoms with Gasteiger partial charge in [-0.25, -0.2) is 12.8 Å². The van der Waals surface area contributed by atoms with Crippen LogP contribution >= 0.6 is 0 Å². The van der Waals surface area contributed by atoms with Gasteiger partial charge in [0.2, 0.25) is 0 Å². The number of hydrogen-bond acceptors (Lipinski definition) is 4. The van der Waals surface area contributed by atoms with Crippen LogP contribution in [0.4, 0.5) is 4.39 Å². The Morgan fingerprint density at radius 2 is 1.86 bits per heavy atom. The van der Waals surface area contributed by atoms with Crippen LogP contribution in [0.3, 0.4) is 0 Å². The average molecular weight is 308 g/mol. The molecule has 0 aliphatic carbocycles. The number of rotatable bonds is 5. The second-order valence-electron chi connectivity index (χ2n) is 4.37. The molecule has 0 N–H and O–H groups in total. The number of ether oxygens (including phenoxy) is 1. The molecule has 0 saturated heterocycles. The zero-order chi connectivity index (χ0) is 15.5. The first-order chi connectivity index (χ1) is 9.92. The fourth-order valence-corrected chi connectivity index (χ4v) is 3.06. The summed E-state index contributed by atoms with van der Waals surface area (Å²) < 4.78 is 42.4. The Balaban J connectivity index is 2.26. The molecule has 0 saturated carbocycles. The lowest BCUT2D eigenvalue weighted by Crippen LogP contribution is -2.16. The third-order valence-corrected chi connectivity index (χ3v) is 4.48. The van der Waals surface area contributed by atoms with Gasteiger partial charge in [-0.2, -0.15) is 0 Å². The molecular weight excluding hydrogens is 295 g/mol. The third kappa shape index (κ3) is 3.66. The average Bonchev–Trinajstić information content (AvgIpc) is 2.47. The molecule has 21 heavy (non-hydrogen) atoms. The van der Waals surface area contributed by atoms with E-state index in [4.69, 9.17) is 4.74 Å². The van der Waals surface area contributed by atoms with E-state index < -0.39 is 27.2 Å². The number of ketones is 1. The van der Waals surface area contributed by atoms with E-state index in [2.05, 4.69) is 0 Å². The minimum Gasteiger partial charge on any atom is -0.497 e. The minimum atomic E-state index is -3.81. The van der Waals surface area contributed by atoms with Gasteiger partial charge in [-0.05, 0) is 30.3 Å². The molecule has 0 aromatic heterocycles. The summed E-state index contributed by atoms with van der Waals surface area (Å²) in [6.45, 7) is 0. The fraction of sp³-hybridized carbons (Fsp3) is 0.133. The molecule has 0 bridgehead atoms. The Bertz CT molecular complexity index is 769. The van der Waals surface area contributed by atoms with Crippen molar-refractivity contribution in [2.24, 2.45) is 0 Å². The third-order valence-electron chi connectivity index (χ3n) is 2.87. The maximum Gasteiger partial charge on any atom is 0.185 e. The number of halogens is 1. The Morgan fingerprint density at radius 1 is 1.14 bits per heavy atom. The van der Waals surface area contributed by atoms with Crippen LogP contribution in [0.15, 0.2) is 53.4 Å². The van der Waals surface area contributed by atoms with Gasteiger partial charge < -0.3 is 4.74 Å².